The fourth-order valence-corrected chi connectivity index (χ4v) is 2.79. The summed E-state index contributed by atoms with van der Waals surface area (Å²) in [5, 5.41) is 11.8. The number of rotatable bonds is 6. The molecule has 1 aliphatic rings. The van der Waals surface area contributed by atoms with Crippen LogP contribution in [0.3, 0.4) is 0 Å². The molecule has 0 heterocycles. The van der Waals surface area contributed by atoms with Crippen LogP contribution >= 0.6 is 0 Å². The Labute approximate surface area is 134 Å². The van der Waals surface area contributed by atoms with E-state index < -0.39 is 11.8 Å². The maximum atomic E-state index is 13.5. The molecule has 1 aromatic rings. The van der Waals surface area contributed by atoms with Crippen molar-refractivity contribution in [3.05, 3.63) is 30.1 Å². The average molecular weight is 323 g/mol. The first-order chi connectivity index (χ1) is 11.0. The first-order valence-electron chi connectivity index (χ1n) is 7.89. The van der Waals surface area contributed by atoms with Gasteiger partial charge in [-0.15, -0.1) is 0 Å². The van der Waals surface area contributed by atoms with E-state index in [4.69, 9.17) is 9.84 Å². The lowest BCUT2D eigenvalue weighted by Gasteiger charge is -2.25. The zero-order valence-corrected chi connectivity index (χ0v) is 13.1. The van der Waals surface area contributed by atoms with Crippen LogP contribution in [0.15, 0.2) is 24.3 Å². The van der Waals surface area contributed by atoms with E-state index in [2.05, 4.69) is 5.32 Å². The quantitative estimate of drug-likeness (QED) is 0.844. The Bertz CT molecular complexity index is 555. The predicted molar refractivity (Wildman–Crippen MR) is 82.6 cm³/mol. The lowest BCUT2D eigenvalue weighted by atomic mass is 9.81. The Balaban J connectivity index is 1.74. The van der Waals surface area contributed by atoms with Crippen molar-refractivity contribution in [2.24, 2.45) is 11.8 Å². The summed E-state index contributed by atoms with van der Waals surface area (Å²) in [4.78, 5) is 23.0. The van der Waals surface area contributed by atoms with Crippen molar-refractivity contribution in [2.75, 3.05) is 6.54 Å². The summed E-state index contributed by atoms with van der Waals surface area (Å²) in [5.74, 6) is -1.61. The Morgan fingerprint density at radius 1 is 1.26 bits per heavy atom. The molecule has 1 aromatic carbocycles. The second-order valence-corrected chi connectivity index (χ2v) is 5.99. The minimum Gasteiger partial charge on any atom is -0.486 e. The third kappa shape index (κ3) is 4.94. The van der Waals surface area contributed by atoms with Crippen LogP contribution in [0.5, 0.6) is 5.75 Å². The van der Waals surface area contributed by atoms with Gasteiger partial charge >= 0.3 is 5.97 Å². The number of amides is 1. The monoisotopic (exact) mass is 323 g/mol. The molecule has 2 rings (SSSR count). The van der Waals surface area contributed by atoms with Gasteiger partial charge in [0.1, 0.15) is 6.10 Å². The second-order valence-electron chi connectivity index (χ2n) is 5.99. The van der Waals surface area contributed by atoms with Crippen LogP contribution < -0.4 is 10.1 Å². The van der Waals surface area contributed by atoms with Crippen LogP contribution in [0.4, 0.5) is 4.39 Å². The smallest absolute Gasteiger partial charge is 0.306 e. The predicted octanol–water partition coefficient (Wildman–Crippen LogP) is 2.60. The Hall–Kier alpha value is -2.11. The molecule has 0 aliphatic heterocycles. The lowest BCUT2D eigenvalue weighted by Crippen LogP contribution is -2.39. The van der Waals surface area contributed by atoms with E-state index in [1.165, 1.54) is 6.07 Å². The van der Waals surface area contributed by atoms with Crippen LogP contribution in [0.25, 0.3) is 0 Å². The van der Waals surface area contributed by atoms with Gasteiger partial charge in [0.2, 0.25) is 5.91 Å². The summed E-state index contributed by atoms with van der Waals surface area (Å²) < 4.78 is 18.9. The minimum atomic E-state index is -0.782. The van der Waals surface area contributed by atoms with E-state index in [-0.39, 0.29) is 36.1 Å². The first-order valence-corrected chi connectivity index (χ1v) is 7.89. The number of aliphatic carboxylic acids is 1. The maximum absolute atomic E-state index is 13.5. The molecule has 1 unspecified atom stereocenters. The molecule has 1 amide bonds. The summed E-state index contributed by atoms with van der Waals surface area (Å²) in [6.45, 7) is 2.04. The molecule has 126 valence electrons. The molecule has 0 saturated heterocycles. The van der Waals surface area contributed by atoms with Crippen LogP contribution in [0, 0.1) is 17.7 Å². The topological polar surface area (TPSA) is 75.6 Å². The zero-order valence-electron chi connectivity index (χ0n) is 13.1. The third-order valence-electron chi connectivity index (χ3n) is 4.18. The second kappa shape index (κ2) is 7.94. The van der Waals surface area contributed by atoms with Crippen molar-refractivity contribution in [3.63, 3.8) is 0 Å². The van der Waals surface area contributed by atoms with Crippen molar-refractivity contribution in [1.29, 1.82) is 0 Å². The number of carboxylic acid groups (broad SMARTS) is 1. The Morgan fingerprint density at radius 2 is 1.87 bits per heavy atom. The van der Waals surface area contributed by atoms with Crippen LogP contribution in [0.1, 0.15) is 32.6 Å². The van der Waals surface area contributed by atoms with Gasteiger partial charge in [0.05, 0.1) is 12.5 Å². The van der Waals surface area contributed by atoms with Crippen molar-refractivity contribution in [1.82, 2.24) is 5.32 Å². The van der Waals surface area contributed by atoms with Crippen LogP contribution in [-0.4, -0.2) is 29.6 Å². The largest absolute Gasteiger partial charge is 0.486 e. The summed E-state index contributed by atoms with van der Waals surface area (Å²) in [7, 11) is 0. The number of para-hydroxylation sites is 1. The van der Waals surface area contributed by atoms with Gasteiger partial charge in [-0.25, -0.2) is 4.39 Å². The van der Waals surface area contributed by atoms with Gasteiger partial charge in [-0.05, 0) is 44.7 Å². The molecule has 1 saturated carbocycles. The molecule has 1 atom stereocenters. The fraction of sp³-hybridized carbons (Fsp3) is 0.529. The molecular formula is C17H22FNO4. The van der Waals surface area contributed by atoms with E-state index >= 15 is 0 Å². The molecule has 0 spiro atoms. The van der Waals surface area contributed by atoms with Crippen LogP contribution in [-0.2, 0) is 9.59 Å². The highest BCUT2D eigenvalue weighted by atomic mass is 19.1. The molecule has 6 heteroatoms. The molecule has 2 N–H and O–H groups in total. The number of carboxylic acids is 1. The fourth-order valence-electron chi connectivity index (χ4n) is 2.79. The summed E-state index contributed by atoms with van der Waals surface area (Å²) in [6.07, 6.45) is 1.89. The van der Waals surface area contributed by atoms with Crippen molar-refractivity contribution >= 4 is 11.9 Å². The number of hydrogen-bond donors (Lipinski definition) is 2. The summed E-state index contributed by atoms with van der Waals surface area (Å²) in [6, 6.07) is 6.13. The standard InChI is InChI=1S/C17H22FNO4/c1-11(23-15-5-3-2-4-14(15)18)10-19-16(20)12-6-8-13(9-7-12)17(21)22/h2-5,11-13H,6-10H2,1H3,(H,19,20)(H,21,22). The number of benzene rings is 1. The average Bonchev–Trinajstić information content (AvgIpc) is 2.55. The number of carbonyl (C=O) groups is 2. The van der Waals surface area contributed by atoms with Gasteiger partial charge in [0.25, 0.3) is 0 Å². The number of ether oxygens (including phenoxy) is 1. The van der Waals surface area contributed by atoms with E-state index in [1.54, 1.807) is 25.1 Å². The lowest BCUT2D eigenvalue weighted by molar-refractivity contribution is -0.144. The number of carbonyl (C=O) groups excluding carboxylic acids is 1. The van der Waals surface area contributed by atoms with Gasteiger partial charge in [-0.3, -0.25) is 9.59 Å². The zero-order chi connectivity index (χ0) is 16.8. The highest BCUT2D eigenvalue weighted by Gasteiger charge is 2.29. The molecule has 0 radical (unpaired) electrons. The molecule has 0 aromatic heterocycles. The number of nitrogens with one attached hydrogen (secondary N) is 1. The van der Waals surface area contributed by atoms with Gasteiger partial charge in [-0.1, -0.05) is 12.1 Å². The Morgan fingerprint density at radius 3 is 2.48 bits per heavy atom. The highest BCUT2D eigenvalue weighted by molar-refractivity contribution is 5.79. The van der Waals surface area contributed by atoms with Gasteiger partial charge in [0, 0.05) is 5.92 Å². The van der Waals surface area contributed by atoms with Gasteiger partial charge in [0.15, 0.2) is 11.6 Å². The third-order valence-corrected chi connectivity index (χ3v) is 4.18. The summed E-state index contributed by atoms with van der Waals surface area (Å²) in [5.41, 5.74) is 0. The minimum absolute atomic E-state index is 0.0853. The van der Waals surface area contributed by atoms with Crippen molar-refractivity contribution in [2.45, 2.75) is 38.7 Å². The normalized spacial score (nSPS) is 22.2. The number of hydrogen-bond acceptors (Lipinski definition) is 3. The van der Waals surface area contributed by atoms with Gasteiger partial charge in [-0.2, -0.15) is 0 Å². The van der Waals surface area contributed by atoms with Crippen molar-refractivity contribution < 1.29 is 23.8 Å². The SMILES string of the molecule is CC(CNC(=O)C1CCC(C(=O)O)CC1)Oc1ccccc1F. The van der Waals surface area contributed by atoms with Crippen LogP contribution in [0.2, 0.25) is 0 Å². The molecule has 1 fully saturated rings. The molecule has 23 heavy (non-hydrogen) atoms. The highest BCUT2D eigenvalue weighted by Crippen LogP contribution is 2.29. The van der Waals surface area contributed by atoms with Crippen molar-refractivity contribution in [3.8, 4) is 5.75 Å². The van der Waals surface area contributed by atoms with E-state index in [0.29, 0.717) is 25.7 Å². The molecular weight excluding hydrogens is 301 g/mol. The Kier molecular flexibility index (Phi) is 5.96. The van der Waals surface area contributed by atoms with E-state index in [1.807, 2.05) is 0 Å². The number of halogens is 1. The molecule has 1 aliphatic carbocycles. The van der Waals surface area contributed by atoms with E-state index in [9.17, 15) is 14.0 Å². The first kappa shape index (κ1) is 17.2. The van der Waals surface area contributed by atoms with E-state index in [0.717, 1.165) is 0 Å². The molecule has 0 bridgehead atoms. The summed E-state index contributed by atoms with van der Waals surface area (Å²) >= 11 is 0. The maximum Gasteiger partial charge on any atom is 0.306 e. The van der Waals surface area contributed by atoms with Gasteiger partial charge < -0.3 is 15.2 Å². The molecule has 5 nitrogen and oxygen atoms in total.